The van der Waals surface area contributed by atoms with Gasteiger partial charge in [0.25, 0.3) is 0 Å². The molecule has 0 bridgehead atoms. The average Bonchev–Trinajstić information content (AvgIpc) is 2.64. The molecular formula is C10H21N. The molecule has 1 heteroatoms. The molecule has 1 nitrogen and oxygen atoms in total. The molecule has 1 fully saturated rings. The Hall–Kier alpha value is -0.0400. The highest BCUT2D eigenvalue weighted by Crippen LogP contribution is 2.54. The smallest absolute Gasteiger partial charge is 0.0144 e. The lowest BCUT2D eigenvalue weighted by Crippen LogP contribution is -2.42. The average molecular weight is 155 g/mol. The normalized spacial score (nSPS) is 24.8. The van der Waals surface area contributed by atoms with Crippen molar-refractivity contribution in [3.63, 3.8) is 0 Å². The summed E-state index contributed by atoms with van der Waals surface area (Å²) in [4.78, 5) is 0. The first kappa shape index (κ1) is 9.05. The maximum Gasteiger partial charge on any atom is 0.0144 e. The first-order valence-corrected chi connectivity index (χ1v) is 4.68. The molecule has 0 saturated heterocycles. The third-order valence-electron chi connectivity index (χ3n) is 3.19. The topological polar surface area (TPSA) is 26.0 Å². The van der Waals surface area contributed by atoms with Crippen LogP contribution in [0.3, 0.4) is 0 Å². The summed E-state index contributed by atoms with van der Waals surface area (Å²) in [7, 11) is 0. The lowest BCUT2D eigenvalue weighted by atomic mass is 9.76. The minimum atomic E-state index is 0.284. The van der Waals surface area contributed by atoms with Crippen LogP contribution in [0.5, 0.6) is 0 Å². The van der Waals surface area contributed by atoms with Gasteiger partial charge in [0.2, 0.25) is 0 Å². The Bertz CT molecular complexity index is 139. The van der Waals surface area contributed by atoms with E-state index in [0.717, 1.165) is 0 Å². The highest BCUT2D eigenvalue weighted by molar-refractivity contribution is 5.03. The Balaban J connectivity index is 2.61. The Morgan fingerprint density at radius 1 is 1.36 bits per heavy atom. The van der Waals surface area contributed by atoms with Crippen LogP contribution in [0.4, 0.5) is 0 Å². The molecule has 1 rings (SSSR count). The van der Waals surface area contributed by atoms with Crippen molar-refractivity contribution in [2.24, 2.45) is 16.6 Å². The summed E-state index contributed by atoms with van der Waals surface area (Å²) >= 11 is 0. The Labute approximate surface area is 70.4 Å². The second kappa shape index (κ2) is 2.48. The second-order valence-electron chi connectivity index (χ2n) is 5.06. The van der Waals surface area contributed by atoms with E-state index in [2.05, 4.69) is 27.7 Å². The summed E-state index contributed by atoms with van der Waals surface area (Å²) in [6, 6.07) is 0.389. The van der Waals surface area contributed by atoms with Gasteiger partial charge in [-0.1, -0.05) is 27.7 Å². The first-order valence-electron chi connectivity index (χ1n) is 4.68. The number of hydrogen-bond acceptors (Lipinski definition) is 1. The summed E-state index contributed by atoms with van der Waals surface area (Å²) in [6.07, 6.45) is 3.95. The highest BCUT2D eigenvalue weighted by atomic mass is 14.8. The lowest BCUT2D eigenvalue weighted by molar-refractivity contribution is 0.214. The van der Waals surface area contributed by atoms with Crippen molar-refractivity contribution >= 4 is 0 Å². The van der Waals surface area contributed by atoms with E-state index in [1.165, 1.54) is 19.3 Å². The third kappa shape index (κ3) is 1.58. The van der Waals surface area contributed by atoms with Crippen LogP contribution in [0.15, 0.2) is 0 Å². The molecule has 2 N–H and O–H groups in total. The van der Waals surface area contributed by atoms with Crippen molar-refractivity contribution in [2.75, 3.05) is 0 Å². The minimum absolute atomic E-state index is 0.284. The minimum Gasteiger partial charge on any atom is -0.327 e. The maximum atomic E-state index is 6.20. The van der Waals surface area contributed by atoms with Gasteiger partial charge in [-0.05, 0) is 30.1 Å². The molecule has 66 valence electrons. The Kier molecular flexibility index (Phi) is 2.04. The van der Waals surface area contributed by atoms with E-state index in [1.54, 1.807) is 0 Å². The van der Waals surface area contributed by atoms with Crippen LogP contribution in [-0.4, -0.2) is 6.04 Å². The fourth-order valence-electron chi connectivity index (χ4n) is 1.96. The molecule has 0 aromatic carbocycles. The Morgan fingerprint density at radius 3 is 1.91 bits per heavy atom. The molecule has 0 aromatic rings. The van der Waals surface area contributed by atoms with Crippen molar-refractivity contribution in [3.05, 3.63) is 0 Å². The van der Waals surface area contributed by atoms with E-state index in [1.807, 2.05) is 0 Å². The predicted octanol–water partition coefficient (Wildman–Crippen LogP) is 2.55. The van der Waals surface area contributed by atoms with Crippen molar-refractivity contribution in [2.45, 2.75) is 53.0 Å². The molecule has 1 atom stereocenters. The number of nitrogens with two attached hydrogens (primary N) is 1. The van der Waals surface area contributed by atoms with Gasteiger partial charge >= 0.3 is 0 Å². The molecule has 1 unspecified atom stereocenters. The van der Waals surface area contributed by atoms with Crippen LogP contribution in [-0.2, 0) is 0 Å². The van der Waals surface area contributed by atoms with Crippen molar-refractivity contribution < 1.29 is 0 Å². The quantitative estimate of drug-likeness (QED) is 0.651. The van der Waals surface area contributed by atoms with E-state index in [-0.39, 0.29) is 5.41 Å². The highest BCUT2D eigenvalue weighted by Gasteiger charge is 2.49. The van der Waals surface area contributed by atoms with Gasteiger partial charge in [0, 0.05) is 6.04 Å². The van der Waals surface area contributed by atoms with E-state index in [4.69, 9.17) is 5.73 Å². The van der Waals surface area contributed by atoms with Gasteiger partial charge in [0.1, 0.15) is 0 Å². The van der Waals surface area contributed by atoms with Crippen LogP contribution >= 0.6 is 0 Å². The molecule has 0 aromatic heterocycles. The standard InChI is InChI=1S/C10H21N/c1-5-10(6-7-10)8(11)9(2,3)4/h8H,5-7,11H2,1-4H3. The zero-order valence-corrected chi connectivity index (χ0v) is 8.28. The molecule has 1 aliphatic rings. The summed E-state index contributed by atoms with van der Waals surface area (Å²) in [5.41, 5.74) is 7.00. The fourth-order valence-corrected chi connectivity index (χ4v) is 1.96. The molecule has 1 saturated carbocycles. The Morgan fingerprint density at radius 2 is 1.82 bits per heavy atom. The monoisotopic (exact) mass is 155 g/mol. The molecule has 0 radical (unpaired) electrons. The van der Waals surface area contributed by atoms with Gasteiger partial charge in [-0.15, -0.1) is 0 Å². The van der Waals surface area contributed by atoms with E-state index in [9.17, 15) is 0 Å². The zero-order valence-electron chi connectivity index (χ0n) is 8.28. The summed E-state index contributed by atoms with van der Waals surface area (Å²) in [5.74, 6) is 0. The van der Waals surface area contributed by atoms with Crippen LogP contribution < -0.4 is 5.73 Å². The summed E-state index contributed by atoms with van der Waals surface area (Å²) < 4.78 is 0. The van der Waals surface area contributed by atoms with E-state index in [0.29, 0.717) is 11.5 Å². The summed E-state index contributed by atoms with van der Waals surface area (Å²) in [5, 5.41) is 0. The number of hydrogen-bond donors (Lipinski definition) is 1. The molecule has 11 heavy (non-hydrogen) atoms. The third-order valence-corrected chi connectivity index (χ3v) is 3.19. The zero-order chi connectivity index (χ0) is 8.70. The van der Waals surface area contributed by atoms with Crippen LogP contribution in [0.2, 0.25) is 0 Å². The molecule has 0 aliphatic heterocycles. The van der Waals surface area contributed by atoms with Gasteiger partial charge < -0.3 is 5.73 Å². The molecular weight excluding hydrogens is 134 g/mol. The number of rotatable bonds is 2. The fraction of sp³-hybridized carbons (Fsp3) is 1.00. The van der Waals surface area contributed by atoms with Crippen molar-refractivity contribution in [1.29, 1.82) is 0 Å². The van der Waals surface area contributed by atoms with E-state index >= 15 is 0 Å². The largest absolute Gasteiger partial charge is 0.327 e. The first-order chi connectivity index (χ1) is 4.92. The summed E-state index contributed by atoms with van der Waals surface area (Å²) in [6.45, 7) is 8.99. The van der Waals surface area contributed by atoms with Crippen LogP contribution in [0.1, 0.15) is 47.0 Å². The van der Waals surface area contributed by atoms with E-state index < -0.39 is 0 Å². The van der Waals surface area contributed by atoms with Crippen molar-refractivity contribution in [3.8, 4) is 0 Å². The van der Waals surface area contributed by atoms with Crippen molar-refractivity contribution in [1.82, 2.24) is 0 Å². The molecule has 1 aliphatic carbocycles. The maximum absolute atomic E-state index is 6.20. The van der Waals surface area contributed by atoms with Gasteiger partial charge in [-0.2, -0.15) is 0 Å². The van der Waals surface area contributed by atoms with Crippen LogP contribution in [0.25, 0.3) is 0 Å². The van der Waals surface area contributed by atoms with Gasteiger partial charge in [-0.3, -0.25) is 0 Å². The van der Waals surface area contributed by atoms with Crippen LogP contribution in [0, 0.1) is 10.8 Å². The van der Waals surface area contributed by atoms with Gasteiger partial charge in [-0.25, -0.2) is 0 Å². The molecule has 0 spiro atoms. The van der Waals surface area contributed by atoms with Gasteiger partial charge in [0.05, 0.1) is 0 Å². The molecule has 0 amide bonds. The lowest BCUT2D eigenvalue weighted by Gasteiger charge is -2.34. The predicted molar refractivity (Wildman–Crippen MR) is 49.4 cm³/mol. The second-order valence-corrected chi connectivity index (χ2v) is 5.06. The SMILES string of the molecule is CCC1(C(N)C(C)(C)C)CC1. The van der Waals surface area contributed by atoms with Gasteiger partial charge in [0.15, 0.2) is 0 Å². The molecule has 0 heterocycles.